The van der Waals surface area contributed by atoms with Crippen molar-refractivity contribution in [1.29, 1.82) is 0 Å². The van der Waals surface area contributed by atoms with Gasteiger partial charge in [-0.2, -0.15) is 0 Å². The molecule has 0 saturated carbocycles. The zero-order chi connectivity index (χ0) is 23.5. The van der Waals surface area contributed by atoms with Gasteiger partial charge in [-0.15, -0.1) is 0 Å². The lowest BCUT2D eigenvalue weighted by atomic mass is 10.1. The number of rotatable bonds is 7. The molecular weight excluding hydrogens is 410 g/mol. The third-order valence-corrected chi connectivity index (χ3v) is 5.46. The highest BCUT2D eigenvalue weighted by Gasteiger charge is 2.10. The van der Waals surface area contributed by atoms with E-state index in [2.05, 4.69) is 39.6 Å². The SMILES string of the molecule is Cc1cccc(Nc2ccccc2C(=O)O)c1C.c1cc(CCCc2ccncc2)ccn1. The van der Waals surface area contributed by atoms with E-state index in [1.807, 2.05) is 62.9 Å². The molecular formula is C28H29N3O2. The lowest BCUT2D eigenvalue weighted by molar-refractivity contribution is 0.0698. The molecule has 2 aromatic heterocycles. The average Bonchev–Trinajstić information content (AvgIpc) is 2.84. The van der Waals surface area contributed by atoms with Crippen LogP contribution in [0.25, 0.3) is 0 Å². The summed E-state index contributed by atoms with van der Waals surface area (Å²) in [5.74, 6) is -0.927. The van der Waals surface area contributed by atoms with Crippen molar-refractivity contribution in [2.45, 2.75) is 33.1 Å². The molecule has 33 heavy (non-hydrogen) atoms. The number of carbonyl (C=O) groups is 1. The van der Waals surface area contributed by atoms with Crippen LogP contribution in [0.3, 0.4) is 0 Å². The first-order valence-corrected chi connectivity index (χ1v) is 11.0. The molecule has 0 atom stereocenters. The molecule has 2 aromatic carbocycles. The summed E-state index contributed by atoms with van der Waals surface area (Å²) in [6.45, 7) is 4.05. The molecule has 0 amide bonds. The number of aryl methyl sites for hydroxylation is 3. The first kappa shape index (κ1) is 23.7. The zero-order valence-electron chi connectivity index (χ0n) is 19.0. The molecule has 5 nitrogen and oxygen atoms in total. The highest BCUT2D eigenvalue weighted by atomic mass is 16.4. The Hall–Kier alpha value is -3.99. The van der Waals surface area contributed by atoms with Crippen LogP contribution in [0.15, 0.2) is 91.5 Å². The highest BCUT2D eigenvalue weighted by molar-refractivity contribution is 5.95. The average molecular weight is 440 g/mol. The normalized spacial score (nSPS) is 10.1. The van der Waals surface area contributed by atoms with E-state index < -0.39 is 5.97 Å². The molecule has 0 bridgehead atoms. The van der Waals surface area contributed by atoms with Crippen LogP contribution in [0.1, 0.15) is 39.0 Å². The molecule has 5 heteroatoms. The second kappa shape index (κ2) is 12.2. The van der Waals surface area contributed by atoms with Crippen molar-refractivity contribution in [3.63, 3.8) is 0 Å². The lowest BCUT2D eigenvalue weighted by Gasteiger charge is -2.13. The summed E-state index contributed by atoms with van der Waals surface area (Å²) in [5.41, 5.74) is 6.84. The Morgan fingerprint density at radius 2 is 1.30 bits per heavy atom. The van der Waals surface area contributed by atoms with Crippen LogP contribution >= 0.6 is 0 Å². The molecule has 0 aliphatic rings. The summed E-state index contributed by atoms with van der Waals surface area (Å²) in [7, 11) is 0. The van der Waals surface area contributed by atoms with E-state index in [0.717, 1.165) is 24.1 Å². The van der Waals surface area contributed by atoms with Gasteiger partial charge in [0.25, 0.3) is 0 Å². The van der Waals surface area contributed by atoms with Crippen molar-refractivity contribution in [3.8, 4) is 0 Å². The summed E-state index contributed by atoms with van der Waals surface area (Å²) in [6, 6.07) is 21.1. The molecule has 0 aliphatic heterocycles. The molecule has 4 rings (SSSR count). The standard InChI is InChI=1S/C15H15NO2.C13H14N2/c1-10-6-5-9-13(11(10)2)16-14-8-4-3-7-12(14)15(17)18;1(2-12-4-8-14-9-5-12)3-13-6-10-15-11-7-13/h3-9,16H,1-2H3,(H,17,18);4-11H,1-3H2. The fraction of sp³-hybridized carbons (Fsp3) is 0.179. The van der Waals surface area contributed by atoms with Crippen molar-refractivity contribution < 1.29 is 9.90 Å². The molecule has 0 saturated heterocycles. The number of hydrogen-bond acceptors (Lipinski definition) is 4. The molecule has 2 N–H and O–H groups in total. The van der Waals surface area contributed by atoms with Crippen LogP contribution in [-0.4, -0.2) is 21.0 Å². The van der Waals surface area contributed by atoms with Crippen LogP contribution in [0.5, 0.6) is 0 Å². The van der Waals surface area contributed by atoms with Crippen molar-refractivity contribution in [2.75, 3.05) is 5.32 Å². The number of nitrogens with zero attached hydrogens (tertiary/aromatic N) is 2. The predicted octanol–water partition coefficient (Wildman–Crippen LogP) is 6.40. The number of para-hydroxylation sites is 1. The zero-order valence-corrected chi connectivity index (χ0v) is 19.0. The van der Waals surface area contributed by atoms with Crippen molar-refractivity contribution in [3.05, 3.63) is 119 Å². The molecule has 0 spiro atoms. The molecule has 168 valence electrons. The Balaban J connectivity index is 0.000000189. The molecule has 2 heterocycles. The first-order chi connectivity index (χ1) is 16.0. The van der Waals surface area contributed by atoms with Gasteiger partial charge in [0, 0.05) is 30.5 Å². The third-order valence-electron chi connectivity index (χ3n) is 5.46. The van der Waals surface area contributed by atoms with Crippen LogP contribution in [-0.2, 0) is 12.8 Å². The minimum absolute atomic E-state index is 0.276. The molecule has 0 radical (unpaired) electrons. The summed E-state index contributed by atoms with van der Waals surface area (Å²) < 4.78 is 0. The van der Waals surface area contributed by atoms with Gasteiger partial charge in [-0.1, -0.05) is 24.3 Å². The second-order valence-electron chi connectivity index (χ2n) is 7.79. The number of aromatic carboxylic acids is 1. The third kappa shape index (κ3) is 7.28. The van der Waals surface area contributed by atoms with E-state index in [1.165, 1.54) is 23.1 Å². The number of anilines is 2. The maximum absolute atomic E-state index is 11.1. The smallest absolute Gasteiger partial charge is 0.337 e. The maximum atomic E-state index is 11.1. The van der Waals surface area contributed by atoms with Crippen molar-refractivity contribution in [1.82, 2.24) is 9.97 Å². The van der Waals surface area contributed by atoms with Gasteiger partial charge < -0.3 is 10.4 Å². The van der Waals surface area contributed by atoms with E-state index in [4.69, 9.17) is 5.11 Å². The molecule has 0 unspecified atom stereocenters. The summed E-state index contributed by atoms with van der Waals surface area (Å²) >= 11 is 0. The Kier molecular flexibility index (Phi) is 8.71. The summed E-state index contributed by atoms with van der Waals surface area (Å²) in [6.07, 6.45) is 10.8. The minimum Gasteiger partial charge on any atom is -0.478 e. The first-order valence-electron chi connectivity index (χ1n) is 11.0. The van der Waals surface area contributed by atoms with E-state index in [1.54, 1.807) is 18.2 Å². The van der Waals surface area contributed by atoms with Gasteiger partial charge in [0.15, 0.2) is 0 Å². The monoisotopic (exact) mass is 439 g/mol. The van der Waals surface area contributed by atoms with E-state index in [-0.39, 0.29) is 5.56 Å². The summed E-state index contributed by atoms with van der Waals surface area (Å²) in [4.78, 5) is 19.1. The number of aromatic nitrogens is 2. The minimum atomic E-state index is -0.927. The Morgan fingerprint density at radius 3 is 1.88 bits per heavy atom. The quantitative estimate of drug-likeness (QED) is 0.349. The molecule has 0 aliphatic carbocycles. The Bertz CT molecular complexity index is 1120. The van der Waals surface area contributed by atoms with Crippen LogP contribution in [0.2, 0.25) is 0 Å². The number of hydrogen-bond donors (Lipinski definition) is 2. The fourth-order valence-corrected chi connectivity index (χ4v) is 3.41. The van der Waals surface area contributed by atoms with E-state index >= 15 is 0 Å². The highest BCUT2D eigenvalue weighted by Crippen LogP contribution is 2.25. The van der Waals surface area contributed by atoms with E-state index in [9.17, 15) is 4.79 Å². The number of nitrogens with one attached hydrogen (secondary N) is 1. The van der Waals surface area contributed by atoms with Crippen molar-refractivity contribution >= 4 is 17.3 Å². The second-order valence-corrected chi connectivity index (χ2v) is 7.79. The van der Waals surface area contributed by atoms with Crippen molar-refractivity contribution in [2.24, 2.45) is 0 Å². The van der Waals surface area contributed by atoms with Gasteiger partial charge in [0.1, 0.15) is 0 Å². The van der Waals surface area contributed by atoms with Crippen LogP contribution in [0, 0.1) is 13.8 Å². The van der Waals surface area contributed by atoms with Gasteiger partial charge in [0.05, 0.1) is 11.3 Å². The maximum Gasteiger partial charge on any atom is 0.337 e. The lowest BCUT2D eigenvalue weighted by Crippen LogP contribution is -2.03. The van der Waals surface area contributed by atoms with Crippen LogP contribution < -0.4 is 5.32 Å². The number of carboxylic acid groups (broad SMARTS) is 1. The Morgan fingerprint density at radius 1 is 0.758 bits per heavy atom. The van der Waals surface area contributed by atoms with Gasteiger partial charge in [-0.05, 0) is 97.8 Å². The number of pyridine rings is 2. The van der Waals surface area contributed by atoms with E-state index in [0.29, 0.717) is 5.69 Å². The topological polar surface area (TPSA) is 75.1 Å². The fourth-order valence-electron chi connectivity index (χ4n) is 3.41. The van der Waals surface area contributed by atoms with Gasteiger partial charge in [-0.25, -0.2) is 4.79 Å². The van der Waals surface area contributed by atoms with Gasteiger partial charge in [-0.3, -0.25) is 9.97 Å². The van der Waals surface area contributed by atoms with Gasteiger partial charge >= 0.3 is 5.97 Å². The summed E-state index contributed by atoms with van der Waals surface area (Å²) in [5, 5.41) is 12.3. The number of carboxylic acids is 1. The van der Waals surface area contributed by atoms with Gasteiger partial charge in [0.2, 0.25) is 0 Å². The molecule has 0 fully saturated rings. The predicted molar refractivity (Wildman–Crippen MR) is 133 cm³/mol. The largest absolute Gasteiger partial charge is 0.478 e. The molecule has 4 aromatic rings. The Labute approximate surface area is 195 Å². The van der Waals surface area contributed by atoms with Crippen LogP contribution in [0.4, 0.5) is 11.4 Å². The number of benzene rings is 2.